The van der Waals surface area contributed by atoms with Crippen LogP contribution in [0.15, 0.2) is 80.0 Å². The summed E-state index contributed by atoms with van der Waals surface area (Å²) in [6, 6.07) is 8.06. The Kier molecular flexibility index (Phi) is 13.6. The van der Waals surface area contributed by atoms with Gasteiger partial charge in [0, 0.05) is 37.2 Å². The monoisotopic (exact) mass is 735 g/mol. The van der Waals surface area contributed by atoms with E-state index in [-0.39, 0.29) is 19.5 Å². The predicted molar refractivity (Wildman–Crippen MR) is 127 cm³/mol. The number of aryl methyl sites for hydroxylation is 2. The third kappa shape index (κ3) is 41.7. The fourth-order valence-corrected chi connectivity index (χ4v) is 1.83. The summed E-state index contributed by atoms with van der Waals surface area (Å²) in [4.78, 5) is 23.3. The average Bonchev–Trinajstić information content (AvgIpc) is 2.78. The van der Waals surface area contributed by atoms with Crippen LogP contribution in [0.5, 0.6) is 0 Å². The molecule has 4 aromatic heterocycles. The molecule has 4 rings (SSSR count). The van der Waals surface area contributed by atoms with E-state index in [0.29, 0.717) is 0 Å². The van der Waals surface area contributed by atoms with Crippen LogP contribution >= 0.6 is 15.6 Å². The zero-order valence-electron chi connectivity index (χ0n) is 20.5. The first-order valence-electron chi connectivity index (χ1n) is 9.96. The molecule has 0 N–H and O–H groups in total. The van der Waals surface area contributed by atoms with E-state index >= 15 is 0 Å². The summed E-state index contributed by atoms with van der Waals surface area (Å²) in [5.41, 5.74) is 4.29. The number of nitrogens with zero attached hydrogens (tertiary/aromatic N) is 6. The maximum atomic E-state index is 9.87. The van der Waals surface area contributed by atoms with Gasteiger partial charge in [0.1, 0.15) is 0 Å². The summed E-state index contributed by atoms with van der Waals surface area (Å²) >= 11 is 0. The Balaban J connectivity index is 0. The van der Waals surface area contributed by atoms with E-state index in [0.717, 1.165) is 11.4 Å². The molecule has 6 nitrogen and oxygen atoms in total. The minimum Gasteiger partial charge on any atom is -0.456 e. The Morgan fingerprint density at radius 3 is 1.00 bits per heavy atom. The number of halogens is 12. The van der Waals surface area contributed by atoms with Crippen LogP contribution in [0.3, 0.4) is 0 Å². The first kappa shape index (κ1) is 40.2. The standard InChI is InChI=1S/C12H12N2.C4H4N2.C4H3N2.2F6P.Ru/c1-9-3-5-13-11(7-9)12-8-10(2)4-6-14-12;2*1-2-6-4-3-5-1;2*1-7(2,3,4,5)6;/h3-8H,1-2H3;1-4H;1-3H;;;/q;;3*-1;+3. The Morgan fingerprint density at radius 1 is 0.512 bits per heavy atom. The summed E-state index contributed by atoms with van der Waals surface area (Å²) < 4.78 is 118. The molecule has 0 atom stereocenters. The maximum Gasteiger partial charge on any atom is 3.00 e. The Hall–Kier alpha value is -2.90. The van der Waals surface area contributed by atoms with Crippen LogP contribution in [0.2, 0.25) is 0 Å². The van der Waals surface area contributed by atoms with Crippen LogP contribution in [0.25, 0.3) is 11.4 Å². The fourth-order valence-electron chi connectivity index (χ4n) is 1.83. The Morgan fingerprint density at radius 2 is 0.829 bits per heavy atom. The third-order valence-electron chi connectivity index (χ3n) is 3.00. The van der Waals surface area contributed by atoms with Crippen molar-refractivity contribution in [3.05, 3.63) is 97.4 Å². The largest absolute Gasteiger partial charge is 3.00 e. The van der Waals surface area contributed by atoms with Gasteiger partial charge in [-0.1, -0.05) is 0 Å². The number of rotatable bonds is 1. The van der Waals surface area contributed by atoms with Crippen LogP contribution in [0.4, 0.5) is 50.4 Å². The van der Waals surface area contributed by atoms with Crippen molar-refractivity contribution in [3.63, 3.8) is 0 Å². The molecular formula is C20H19F12N6P2Ru. The van der Waals surface area contributed by atoms with Crippen molar-refractivity contribution in [1.82, 2.24) is 29.9 Å². The van der Waals surface area contributed by atoms with Crippen molar-refractivity contribution in [3.8, 4) is 11.4 Å². The number of pyridine rings is 2. The van der Waals surface area contributed by atoms with Gasteiger partial charge in [-0.3, -0.25) is 19.9 Å². The predicted octanol–water partition coefficient (Wildman–Crippen LogP) is 10.3. The van der Waals surface area contributed by atoms with Crippen molar-refractivity contribution >= 4 is 15.6 Å². The molecule has 0 aliphatic carbocycles. The van der Waals surface area contributed by atoms with E-state index < -0.39 is 15.6 Å². The normalized spacial score (nSPS) is 13.7. The molecule has 0 aromatic carbocycles. The second-order valence-electron chi connectivity index (χ2n) is 7.08. The van der Waals surface area contributed by atoms with Crippen LogP contribution in [-0.4, -0.2) is 29.9 Å². The second kappa shape index (κ2) is 13.8. The van der Waals surface area contributed by atoms with Gasteiger partial charge in [0.2, 0.25) is 0 Å². The van der Waals surface area contributed by atoms with Crippen molar-refractivity contribution in [2.45, 2.75) is 13.8 Å². The van der Waals surface area contributed by atoms with E-state index in [4.69, 9.17) is 0 Å². The zero-order chi connectivity index (χ0) is 31.3. The smallest absolute Gasteiger partial charge is 0.456 e. The fraction of sp³-hybridized carbons (Fsp3) is 0.100. The van der Waals surface area contributed by atoms with Gasteiger partial charge in [-0.15, -0.1) is 12.4 Å². The molecule has 0 bridgehead atoms. The molecule has 4 aromatic rings. The molecule has 0 aliphatic heterocycles. The van der Waals surface area contributed by atoms with Crippen molar-refractivity contribution < 1.29 is 69.8 Å². The molecule has 0 saturated carbocycles. The number of hydrogen-bond donors (Lipinski definition) is 0. The molecule has 21 heteroatoms. The first-order valence-corrected chi connectivity index (χ1v) is 14.0. The number of hydrogen-bond acceptors (Lipinski definition) is 6. The van der Waals surface area contributed by atoms with Crippen molar-refractivity contribution in [1.29, 1.82) is 0 Å². The van der Waals surface area contributed by atoms with Gasteiger partial charge in [0.15, 0.2) is 0 Å². The Bertz CT molecular complexity index is 1120. The van der Waals surface area contributed by atoms with E-state index in [1.54, 1.807) is 37.2 Å². The maximum absolute atomic E-state index is 10.7. The zero-order valence-corrected chi connectivity index (χ0v) is 24.0. The van der Waals surface area contributed by atoms with Crippen LogP contribution in [-0.2, 0) is 19.5 Å². The summed E-state index contributed by atoms with van der Waals surface area (Å²) in [6.45, 7) is 4.11. The average molecular weight is 734 g/mol. The molecule has 4 heterocycles. The second-order valence-corrected chi connectivity index (χ2v) is 10.9. The van der Waals surface area contributed by atoms with Gasteiger partial charge in [0.25, 0.3) is 0 Å². The van der Waals surface area contributed by atoms with Gasteiger partial charge in [-0.05, 0) is 61.6 Å². The van der Waals surface area contributed by atoms with E-state index in [9.17, 15) is 50.4 Å². The minimum absolute atomic E-state index is 0. The Labute approximate surface area is 238 Å². The summed E-state index contributed by atoms with van der Waals surface area (Å²) in [5, 5.41) is 0. The van der Waals surface area contributed by atoms with E-state index in [1.807, 2.05) is 36.7 Å². The van der Waals surface area contributed by atoms with Crippen molar-refractivity contribution in [2.75, 3.05) is 0 Å². The topological polar surface area (TPSA) is 77.3 Å². The van der Waals surface area contributed by atoms with Gasteiger partial charge in [-0.25, -0.2) is 0 Å². The van der Waals surface area contributed by atoms with Gasteiger partial charge in [0.05, 0.1) is 11.4 Å². The molecule has 0 unspecified atom stereocenters. The first-order chi connectivity index (χ1) is 17.7. The van der Waals surface area contributed by atoms with Gasteiger partial charge >= 0.3 is 85.5 Å². The van der Waals surface area contributed by atoms with Crippen LogP contribution < -0.4 is 0 Å². The quantitative estimate of drug-likeness (QED) is 0.0839. The van der Waals surface area contributed by atoms with E-state index in [1.165, 1.54) is 17.3 Å². The molecule has 0 spiro atoms. The molecule has 231 valence electrons. The third-order valence-corrected chi connectivity index (χ3v) is 3.00. The van der Waals surface area contributed by atoms with Crippen molar-refractivity contribution in [2.24, 2.45) is 0 Å². The SMILES string of the molecule is Cc1ccnc(-c2cc(C)ccn2)c1.F[P-](F)(F)(F)(F)F.F[P-](F)(F)(F)(F)F.[Ru+3].[c-]1cnccn1.c1cnccn1. The molecule has 0 fully saturated rings. The summed E-state index contributed by atoms with van der Waals surface area (Å²) in [7, 11) is -21.3. The molecule has 0 amide bonds. The molecule has 1 radical (unpaired) electrons. The minimum atomic E-state index is -10.7. The van der Waals surface area contributed by atoms with Gasteiger partial charge < -0.3 is 9.97 Å². The molecular weight excluding hydrogens is 715 g/mol. The summed E-state index contributed by atoms with van der Waals surface area (Å²) in [6.07, 6.45) is 17.4. The molecule has 0 aliphatic rings. The number of aromatic nitrogens is 6. The van der Waals surface area contributed by atoms with Crippen LogP contribution in [0, 0.1) is 20.0 Å². The van der Waals surface area contributed by atoms with Crippen LogP contribution in [0.1, 0.15) is 11.1 Å². The molecule has 0 saturated heterocycles. The molecule has 41 heavy (non-hydrogen) atoms. The van der Waals surface area contributed by atoms with Gasteiger partial charge in [-0.2, -0.15) is 0 Å². The summed E-state index contributed by atoms with van der Waals surface area (Å²) in [5.74, 6) is 0. The van der Waals surface area contributed by atoms with E-state index in [2.05, 4.69) is 49.9 Å².